The molecule has 0 aromatic heterocycles. The number of hydrogen-bond donors (Lipinski definition) is 0. The number of methoxy groups -OCH3 is 6. The number of carbonyl (C=O) groups excluding carboxylic acids is 4. The summed E-state index contributed by atoms with van der Waals surface area (Å²) in [6.07, 6.45) is 0.161. The van der Waals surface area contributed by atoms with Crippen molar-refractivity contribution in [2.75, 3.05) is 42.7 Å². The Bertz CT molecular complexity index is 889. The molecule has 0 aromatic rings. The van der Waals surface area contributed by atoms with Crippen molar-refractivity contribution in [1.82, 2.24) is 0 Å². The first kappa shape index (κ1) is 22.6. The third kappa shape index (κ3) is 1.75. The molecular formula is C21H26O10. The molecule has 0 bridgehead atoms. The zero-order valence-electron chi connectivity index (χ0n) is 18.8. The van der Waals surface area contributed by atoms with Gasteiger partial charge in [0.1, 0.15) is 11.5 Å². The number of esters is 4. The number of hydrogen-bond acceptors (Lipinski definition) is 10. The molecule has 10 nitrogen and oxygen atoms in total. The van der Waals surface area contributed by atoms with E-state index in [9.17, 15) is 19.2 Å². The Kier molecular flexibility index (Phi) is 4.91. The van der Waals surface area contributed by atoms with Gasteiger partial charge in [0.15, 0.2) is 10.8 Å². The van der Waals surface area contributed by atoms with Crippen LogP contribution >= 0.6 is 0 Å². The second-order valence-corrected chi connectivity index (χ2v) is 7.67. The molecule has 31 heavy (non-hydrogen) atoms. The number of rotatable bonds is 7. The van der Waals surface area contributed by atoms with Gasteiger partial charge in [-0.2, -0.15) is 0 Å². The predicted molar refractivity (Wildman–Crippen MR) is 102 cm³/mol. The second-order valence-electron chi connectivity index (χ2n) is 7.67. The molecule has 1 saturated carbocycles. The summed E-state index contributed by atoms with van der Waals surface area (Å²) in [7, 11) is 7.20. The van der Waals surface area contributed by atoms with Crippen LogP contribution in [0.3, 0.4) is 0 Å². The topological polar surface area (TPSA) is 124 Å². The summed E-state index contributed by atoms with van der Waals surface area (Å²) in [6, 6.07) is 0. The summed E-state index contributed by atoms with van der Waals surface area (Å²) in [5.41, 5.74) is -6.68. The number of fused-ring (bicyclic) bond motifs is 1. The van der Waals surface area contributed by atoms with Crippen LogP contribution in [0.2, 0.25) is 0 Å². The zero-order valence-corrected chi connectivity index (χ0v) is 18.8. The van der Waals surface area contributed by atoms with E-state index in [1.807, 2.05) is 0 Å². The fourth-order valence-electron chi connectivity index (χ4n) is 6.82. The molecule has 0 N–H and O–H groups in total. The molecule has 10 heteroatoms. The molecule has 3 aliphatic carbocycles. The summed E-state index contributed by atoms with van der Waals surface area (Å²) in [4.78, 5) is 52.9. The van der Waals surface area contributed by atoms with Crippen LogP contribution in [0.15, 0.2) is 22.7 Å². The lowest BCUT2D eigenvalue weighted by Crippen LogP contribution is -2.38. The maximum atomic E-state index is 13.4. The summed E-state index contributed by atoms with van der Waals surface area (Å²) in [5, 5.41) is 0. The van der Waals surface area contributed by atoms with Gasteiger partial charge in [0.05, 0.1) is 53.8 Å². The molecule has 0 amide bonds. The molecule has 0 aliphatic heterocycles. The van der Waals surface area contributed by atoms with Crippen molar-refractivity contribution >= 4 is 23.9 Å². The van der Waals surface area contributed by atoms with Gasteiger partial charge < -0.3 is 28.4 Å². The van der Waals surface area contributed by atoms with Crippen molar-refractivity contribution in [2.24, 2.45) is 21.7 Å². The molecule has 0 spiro atoms. The fourth-order valence-corrected chi connectivity index (χ4v) is 6.82. The Morgan fingerprint density at radius 3 is 1.26 bits per heavy atom. The van der Waals surface area contributed by atoms with E-state index in [-0.39, 0.29) is 29.1 Å². The maximum absolute atomic E-state index is 13.4. The van der Waals surface area contributed by atoms with E-state index in [4.69, 9.17) is 28.4 Å². The monoisotopic (exact) mass is 438 g/mol. The van der Waals surface area contributed by atoms with Crippen LogP contribution < -0.4 is 0 Å². The van der Waals surface area contributed by atoms with E-state index in [0.29, 0.717) is 0 Å². The Morgan fingerprint density at radius 1 is 0.677 bits per heavy atom. The van der Waals surface area contributed by atoms with Gasteiger partial charge in [-0.3, -0.25) is 9.59 Å². The molecule has 2 unspecified atom stereocenters. The number of carbonyl (C=O) groups is 4. The Hall–Kier alpha value is -3.04. The summed E-state index contributed by atoms with van der Waals surface area (Å²) < 4.78 is 31.4. The SMILES string of the molecule is CCC12C3(C)C(C(=O)OC)=C(OC)C1(C(=O)OC)C2(C(=O)OC)C(OC)=C3C(=O)OC. The largest absolute Gasteiger partial charge is 0.499 e. The van der Waals surface area contributed by atoms with Gasteiger partial charge in [0, 0.05) is 10.8 Å². The lowest BCUT2D eigenvalue weighted by molar-refractivity contribution is -0.157. The molecule has 1 fully saturated rings. The Balaban J connectivity index is 2.65. The van der Waals surface area contributed by atoms with Crippen LogP contribution in [0.4, 0.5) is 0 Å². The highest BCUT2D eigenvalue weighted by molar-refractivity contribution is 6.14. The minimum atomic E-state index is -1.80. The first-order valence-electron chi connectivity index (χ1n) is 9.55. The van der Waals surface area contributed by atoms with Crippen molar-refractivity contribution in [2.45, 2.75) is 20.3 Å². The van der Waals surface area contributed by atoms with E-state index < -0.39 is 45.5 Å². The normalized spacial score (nSPS) is 34.7. The van der Waals surface area contributed by atoms with Crippen molar-refractivity contribution in [3.8, 4) is 0 Å². The van der Waals surface area contributed by atoms with Gasteiger partial charge in [-0.15, -0.1) is 0 Å². The molecule has 3 aliphatic rings. The van der Waals surface area contributed by atoms with Crippen molar-refractivity contribution < 1.29 is 47.6 Å². The van der Waals surface area contributed by atoms with E-state index >= 15 is 0 Å². The van der Waals surface area contributed by atoms with Gasteiger partial charge in [-0.05, 0) is 13.3 Å². The molecule has 0 heterocycles. The Labute approximate surface area is 179 Å². The van der Waals surface area contributed by atoms with Crippen LogP contribution in [-0.2, 0) is 47.6 Å². The van der Waals surface area contributed by atoms with Crippen LogP contribution in [0.5, 0.6) is 0 Å². The third-order valence-electron chi connectivity index (χ3n) is 7.47. The number of ether oxygens (including phenoxy) is 6. The highest BCUT2D eigenvalue weighted by Crippen LogP contribution is 2.99. The summed E-state index contributed by atoms with van der Waals surface area (Å²) >= 11 is 0. The van der Waals surface area contributed by atoms with Crippen molar-refractivity contribution in [3.63, 3.8) is 0 Å². The van der Waals surface area contributed by atoms with Crippen LogP contribution in [0.1, 0.15) is 20.3 Å². The molecule has 3 rings (SSSR count). The lowest BCUT2D eigenvalue weighted by atomic mass is 9.65. The van der Waals surface area contributed by atoms with Gasteiger partial charge in [-0.1, -0.05) is 6.92 Å². The highest BCUT2D eigenvalue weighted by atomic mass is 16.6. The van der Waals surface area contributed by atoms with Crippen molar-refractivity contribution in [1.29, 1.82) is 0 Å². The Morgan fingerprint density at radius 2 is 1.03 bits per heavy atom. The maximum Gasteiger partial charge on any atom is 0.338 e. The van der Waals surface area contributed by atoms with Crippen LogP contribution in [0.25, 0.3) is 0 Å². The molecule has 2 atom stereocenters. The minimum Gasteiger partial charge on any atom is -0.499 e. The predicted octanol–water partition coefficient (Wildman–Crippen LogP) is 0.896. The highest BCUT2D eigenvalue weighted by Gasteiger charge is 3.08. The van der Waals surface area contributed by atoms with Crippen LogP contribution in [0, 0.1) is 21.7 Å². The quantitative estimate of drug-likeness (QED) is 0.418. The molecule has 0 radical (unpaired) electrons. The molecule has 0 saturated heterocycles. The van der Waals surface area contributed by atoms with Gasteiger partial charge >= 0.3 is 23.9 Å². The van der Waals surface area contributed by atoms with E-state index in [2.05, 4.69) is 0 Å². The smallest absolute Gasteiger partial charge is 0.338 e. The first-order valence-corrected chi connectivity index (χ1v) is 9.55. The minimum absolute atomic E-state index is 0.0725. The average Bonchev–Trinajstić information content (AvgIpc) is 3.23. The van der Waals surface area contributed by atoms with Gasteiger partial charge in [0.25, 0.3) is 0 Å². The van der Waals surface area contributed by atoms with E-state index in [1.54, 1.807) is 13.8 Å². The fraction of sp³-hybridized carbons (Fsp3) is 0.619. The molecule has 0 aromatic carbocycles. The van der Waals surface area contributed by atoms with E-state index in [0.717, 1.165) is 14.2 Å². The zero-order chi connectivity index (χ0) is 23.6. The van der Waals surface area contributed by atoms with Crippen molar-refractivity contribution in [3.05, 3.63) is 22.7 Å². The third-order valence-corrected chi connectivity index (χ3v) is 7.47. The van der Waals surface area contributed by atoms with E-state index in [1.165, 1.54) is 28.4 Å². The average molecular weight is 438 g/mol. The molecular weight excluding hydrogens is 412 g/mol. The lowest BCUT2D eigenvalue weighted by Gasteiger charge is -2.34. The summed E-state index contributed by atoms with van der Waals surface area (Å²) in [6.45, 7) is 3.32. The first-order chi connectivity index (χ1) is 14.6. The van der Waals surface area contributed by atoms with Gasteiger partial charge in [0.2, 0.25) is 0 Å². The van der Waals surface area contributed by atoms with Gasteiger partial charge in [-0.25, -0.2) is 9.59 Å². The second kappa shape index (κ2) is 6.73. The van der Waals surface area contributed by atoms with Crippen LogP contribution in [-0.4, -0.2) is 66.5 Å². The molecule has 170 valence electrons. The summed E-state index contributed by atoms with van der Waals surface area (Å²) in [5.74, 6) is -3.51. The standard InChI is InChI=1S/C21H26O10/c1-9-19-18(2)10(14(22)28-5)12(26-3)20(19,16(24)30-7)21(19,17(25)31-8)13(27-4)11(18)15(23)29-6/h9H2,1-8H3.